The van der Waals surface area contributed by atoms with Gasteiger partial charge in [0.05, 0.1) is 6.42 Å². The molecule has 0 spiro atoms. The summed E-state index contributed by atoms with van der Waals surface area (Å²) in [5, 5.41) is 5.12. The molecule has 0 radical (unpaired) electrons. The van der Waals surface area contributed by atoms with Crippen LogP contribution in [0.3, 0.4) is 0 Å². The molecule has 0 atom stereocenters. The first-order valence-corrected chi connectivity index (χ1v) is 10.4. The van der Waals surface area contributed by atoms with Crippen LogP contribution < -0.4 is 5.32 Å². The van der Waals surface area contributed by atoms with Crippen LogP contribution in [0.1, 0.15) is 44.1 Å². The number of anilines is 1. The number of para-hydroxylation sites is 1. The molecule has 4 nitrogen and oxygen atoms in total. The standard InChI is InChI=1S/C22H28N2O2S/c1-22(2,3)18-8-4-5-9-19(18)23-21(26)16-10-12-24(13-11-16)20(25)15-17-7-6-14-27-17/h4-9,14,16H,10-13,15H2,1-3H3,(H,23,26). The van der Waals surface area contributed by atoms with E-state index in [9.17, 15) is 9.59 Å². The van der Waals surface area contributed by atoms with Crippen LogP contribution in [-0.2, 0) is 21.4 Å². The van der Waals surface area contributed by atoms with E-state index in [1.165, 1.54) is 0 Å². The number of benzene rings is 1. The molecule has 1 fully saturated rings. The Kier molecular flexibility index (Phi) is 6.00. The molecule has 1 aromatic carbocycles. The Bertz CT molecular complexity index is 785. The SMILES string of the molecule is CC(C)(C)c1ccccc1NC(=O)C1CCN(C(=O)Cc2cccs2)CC1. The minimum absolute atomic E-state index is 0.0263. The van der Waals surface area contributed by atoms with Gasteiger partial charge in [0.25, 0.3) is 0 Å². The summed E-state index contributed by atoms with van der Waals surface area (Å²) in [4.78, 5) is 28.2. The molecule has 144 valence electrons. The number of rotatable bonds is 4. The average molecular weight is 385 g/mol. The fourth-order valence-electron chi connectivity index (χ4n) is 3.55. The van der Waals surface area contributed by atoms with Crippen LogP contribution in [0.5, 0.6) is 0 Å². The molecule has 1 aliphatic heterocycles. The summed E-state index contributed by atoms with van der Waals surface area (Å²) in [6.45, 7) is 7.76. The topological polar surface area (TPSA) is 49.4 Å². The second kappa shape index (κ2) is 8.26. The van der Waals surface area contributed by atoms with Gasteiger partial charge in [0, 0.05) is 29.6 Å². The summed E-state index contributed by atoms with van der Waals surface area (Å²) >= 11 is 1.61. The highest BCUT2D eigenvalue weighted by Crippen LogP contribution is 2.30. The first-order valence-electron chi connectivity index (χ1n) is 9.55. The van der Waals surface area contributed by atoms with Gasteiger partial charge in [0.2, 0.25) is 11.8 Å². The smallest absolute Gasteiger partial charge is 0.227 e. The average Bonchev–Trinajstić information content (AvgIpc) is 3.14. The zero-order valence-electron chi connectivity index (χ0n) is 16.3. The summed E-state index contributed by atoms with van der Waals surface area (Å²) in [5.74, 6) is 0.190. The Morgan fingerprint density at radius 1 is 1.11 bits per heavy atom. The summed E-state index contributed by atoms with van der Waals surface area (Å²) in [6, 6.07) is 12.0. The molecule has 1 aromatic heterocycles. The first kappa shape index (κ1) is 19.6. The van der Waals surface area contributed by atoms with Crippen molar-refractivity contribution in [3.8, 4) is 0 Å². The van der Waals surface area contributed by atoms with Gasteiger partial charge in [-0.05, 0) is 41.3 Å². The molecule has 1 N–H and O–H groups in total. The Labute approximate surface area is 165 Å². The van der Waals surface area contributed by atoms with Crippen LogP contribution >= 0.6 is 11.3 Å². The Morgan fingerprint density at radius 2 is 1.81 bits per heavy atom. The summed E-state index contributed by atoms with van der Waals surface area (Å²) in [7, 11) is 0. The van der Waals surface area contributed by atoms with Gasteiger partial charge in [-0.15, -0.1) is 11.3 Å². The number of likely N-dealkylation sites (tertiary alicyclic amines) is 1. The van der Waals surface area contributed by atoms with Gasteiger partial charge >= 0.3 is 0 Å². The van der Waals surface area contributed by atoms with E-state index in [2.05, 4.69) is 32.2 Å². The maximum Gasteiger partial charge on any atom is 0.227 e. The molecule has 27 heavy (non-hydrogen) atoms. The third-order valence-electron chi connectivity index (χ3n) is 5.12. The largest absolute Gasteiger partial charge is 0.342 e. The Balaban J connectivity index is 1.55. The van der Waals surface area contributed by atoms with E-state index in [0.29, 0.717) is 19.5 Å². The number of nitrogens with zero attached hydrogens (tertiary/aromatic N) is 1. The fraction of sp³-hybridized carbons (Fsp3) is 0.455. The summed E-state index contributed by atoms with van der Waals surface area (Å²) in [5.41, 5.74) is 2.01. The minimum Gasteiger partial charge on any atom is -0.342 e. The minimum atomic E-state index is -0.0381. The number of thiophene rings is 1. The van der Waals surface area contributed by atoms with Gasteiger partial charge in [-0.1, -0.05) is 45.0 Å². The molecule has 2 aromatic rings. The van der Waals surface area contributed by atoms with Gasteiger partial charge in [-0.2, -0.15) is 0 Å². The van der Waals surface area contributed by atoms with E-state index in [-0.39, 0.29) is 23.1 Å². The van der Waals surface area contributed by atoms with Crippen LogP contribution in [0.4, 0.5) is 5.69 Å². The molecule has 0 saturated carbocycles. The monoisotopic (exact) mass is 384 g/mol. The van der Waals surface area contributed by atoms with Gasteiger partial charge in [0.15, 0.2) is 0 Å². The number of amides is 2. The van der Waals surface area contributed by atoms with E-state index in [1.54, 1.807) is 11.3 Å². The predicted octanol–water partition coefficient (Wildman–Crippen LogP) is 4.47. The van der Waals surface area contributed by atoms with Crippen molar-refractivity contribution in [1.29, 1.82) is 0 Å². The van der Waals surface area contributed by atoms with Gasteiger partial charge in [-0.25, -0.2) is 0 Å². The second-order valence-electron chi connectivity index (χ2n) is 8.20. The van der Waals surface area contributed by atoms with Crippen LogP contribution in [0.25, 0.3) is 0 Å². The van der Waals surface area contributed by atoms with Crippen molar-refractivity contribution < 1.29 is 9.59 Å². The second-order valence-corrected chi connectivity index (χ2v) is 9.23. The highest BCUT2D eigenvalue weighted by Gasteiger charge is 2.28. The molecule has 3 rings (SSSR count). The highest BCUT2D eigenvalue weighted by molar-refractivity contribution is 7.10. The third kappa shape index (κ3) is 4.98. The number of nitrogens with one attached hydrogen (secondary N) is 1. The molecule has 1 aliphatic rings. The zero-order chi connectivity index (χ0) is 19.4. The Hall–Kier alpha value is -2.14. The van der Waals surface area contributed by atoms with Crippen LogP contribution in [0, 0.1) is 5.92 Å². The normalized spacial score (nSPS) is 15.6. The van der Waals surface area contributed by atoms with E-state index in [1.807, 2.05) is 40.6 Å². The summed E-state index contributed by atoms with van der Waals surface area (Å²) in [6.07, 6.45) is 1.91. The number of carbonyl (C=O) groups excluding carboxylic acids is 2. The number of carbonyl (C=O) groups is 2. The van der Waals surface area contributed by atoms with Gasteiger partial charge in [-0.3, -0.25) is 9.59 Å². The molecule has 0 aliphatic carbocycles. The molecular formula is C22H28N2O2S. The van der Waals surface area contributed by atoms with Crippen LogP contribution in [-0.4, -0.2) is 29.8 Å². The highest BCUT2D eigenvalue weighted by atomic mass is 32.1. The lowest BCUT2D eigenvalue weighted by Crippen LogP contribution is -2.42. The Morgan fingerprint density at radius 3 is 2.44 bits per heavy atom. The van der Waals surface area contributed by atoms with Crippen LogP contribution in [0.15, 0.2) is 41.8 Å². The molecule has 1 saturated heterocycles. The molecule has 2 heterocycles. The summed E-state index contributed by atoms with van der Waals surface area (Å²) < 4.78 is 0. The number of hydrogen-bond acceptors (Lipinski definition) is 3. The van der Waals surface area contributed by atoms with Gasteiger partial charge in [0.1, 0.15) is 0 Å². The number of piperidine rings is 1. The number of hydrogen-bond donors (Lipinski definition) is 1. The van der Waals surface area contributed by atoms with Crippen molar-refractivity contribution in [1.82, 2.24) is 4.90 Å². The van der Waals surface area contributed by atoms with E-state index in [4.69, 9.17) is 0 Å². The lowest BCUT2D eigenvalue weighted by atomic mass is 9.85. The molecular weight excluding hydrogens is 356 g/mol. The van der Waals surface area contributed by atoms with Crippen molar-refractivity contribution in [3.05, 3.63) is 52.2 Å². The van der Waals surface area contributed by atoms with Crippen LogP contribution in [0.2, 0.25) is 0 Å². The van der Waals surface area contributed by atoms with E-state index in [0.717, 1.165) is 29.0 Å². The lowest BCUT2D eigenvalue weighted by Gasteiger charge is -2.32. The van der Waals surface area contributed by atoms with Crippen molar-refractivity contribution in [2.45, 2.75) is 45.4 Å². The maximum atomic E-state index is 12.8. The molecule has 0 unspecified atom stereocenters. The fourth-order valence-corrected chi connectivity index (χ4v) is 4.24. The quantitative estimate of drug-likeness (QED) is 0.846. The van der Waals surface area contributed by atoms with E-state index < -0.39 is 0 Å². The van der Waals surface area contributed by atoms with E-state index >= 15 is 0 Å². The molecule has 0 bridgehead atoms. The van der Waals surface area contributed by atoms with Crippen molar-refractivity contribution in [2.24, 2.45) is 5.92 Å². The maximum absolute atomic E-state index is 12.8. The zero-order valence-corrected chi connectivity index (χ0v) is 17.1. The molecule has 5 heteroatoms. The van der Waals surface area contributed by atoms with Crippen molar-refractivity contribution in [2.75, 3.05) is 18.4 Å². The third-order valence-corrected chi connectivity index (χ3v) is 5.99. The molecule has 2 amide bonds. The van der Waals surface area contributed by atoms with Gasteiger partial charge < -0.3 is 10.2 Å². The van der Waals surface area contributed by atoms with Crippen molar-refractivity contribution in [3.63, 3.8) is 0 Å². The van der Waals surface area contributed by atoms with Crippen molar-refractivity contribution >= 4 is 28.8 Å². The first-order chi connectivity index (χ1) is 12.8. The lowest BCUT2D eigenvalue weighted by molar-refractivity contribution is -0.133. The predicted molar refractivity (Wildman–Crippen MR) is 111 cm³/mol.